The smallest absolute Gasteiger partial charge is 0.318 e. The fourth-order valence-corrected chi connectivity index (χ4v) is 1.81. The number of aliphatic hydroxyl groups is 1. The lowest BCUT2D eigenvalue weighted by molar-refractivity contribution is 0.196. The van der Waals surface area contributed by atoms with Crippen molar-refractivity contribution in [2.45, 2.75) is 6.04 Å². The van der Waals surface area contributed by atoms with Crippen LogP contribution in [0.15, 0.2) is 24.3 Å². The number of nitrogens with one attached hydrogen (secondary N) is 1. The van der Waals surface area contributed by atoms with E-state index in [0.717, 1.165) is 5.56 Å². The highest BCUT2D eigenvalue weighted by Gasteiger charge is 2.29. The summed E-state index contributed by atoms with van der Waals surface area (Å²) in [5.74, 6) is -0.313. The summed E-state index contributed by atoms with van der Waals surface area (Å²) in [6, 6.07) is 5.75. The largest absolute Gasteiger partial charge is 0.395 e. The number of rotatable bonds is 3. The van der Waals surface area contributed by atoms with Crippen LogP contribution in [0.4, 0.5) is 9.18 Å². The van der Waals surface area contributed by atoms with Crippen LogP contribution in [0.2, 0.25) is 0 Å². The number of halogens is 1. The summed E-state index contributed by atoms with van der Waals surface area (Å²) < 4.78 is 13.0. The average Bonchev–Trinajstić information content (AvgIpc) is 2.61. The summed E-state index contributed by atoms with van der Waals surface area (Å²) >= 11 is 0. The third kappa shape index (κ3) is 2.14. The Labute approximate surface area is 92.7 Å². The van der Waals surface area contributed by atoms with Gasteiger partial charge in [-0.2, -0.15) is 0 Å². The maximum Gasteiger partial charge on any atom is 0.318 e. The minimum atomic E-state index is -0.313. The number of urea groups is 1. The SMILES string of the molecule is O=C1NC(c2cccc(F)c2)CN1CCO. The van der Waals surface area contributed by atoms with E-state index in [1.165, 1.54) is 17.0 Å². The molecule has 1 aromatic carbocycles. The van der Waals surface area contributed by atoms with Gasteiger partial charge >= 0.3 is 6.03 Å². The number of amides is 2. The molecule has 1 fully saturated rings. The molecule has 0 aromatic heterocycles. The number of benzene rings is 1. The molecule has 0 bridgehead atoms. The number of β-amino-alcohol motifs (C(OH)–C–C–N with tert-alkyl or cyclic N) is 1. The van der Waals surface area contributed by atoms with Crippen molar-refractivity contribution < 1.29 is 14.3 Å². The Hall–Kier alpha value is -1.62. The van der Waals surface area contributed by atoms with Gasteiger partial charge in [0.05, 0.1) is 12.6 Å². The molecule has 0 saturated carbocycles. The van der Waals surface area contributed by atoms with Crippen LogP contribution in [0.5, 0.6) is 0 Å². The van der Waals surface area contributed by atoms with Crippen molar-refractivity contribution in [2.24, 2.45) is 0 Å². The molecule has 2 rings (SSSR count). The Balaban J connectivity index is 2.10. The lowest BCUT2D eigenvalue weighted by Crippen LogP contribution is -2.30. The minimum Gasteiger partial charge on any atom is -0.395 e. The van der Waals surface area contributed by atoms with Gasteiger partial charge in [0.1, 0.15) is 5.82 Å². The molecule has 0 radical (unpaired) electrons. The molecule has 4 nitrogen and oxygen atoms in total. The normalized spacial score (nSPS) is 20.0. The molecule has 16 heavy (non-hydrogen) atoms. The second-order valence-electron chi connectivity index (χ2n) is 3.73. The Morgan fingerprint density at radius 3 is 3.06 bits per heavy atom. The van der Waals surface area contributed by atoms with Gasteiger partial charge in [-0.1, -0.05) is 12.1 Å². The first-order valence-electron chi connectivity index (χ1n) is 5.12. The standard InChI is InChI=1S/C11H13FN2O2/c12-9-3-1-2-8(6-9)10-7-14(4-5-15)11(16)13-10/h1-3,6,10,15H,4-5,7H2,(H,13,16). The Bertz CT molecular complexity index is 397. The molecule has 86 valence electrons. The Morgan fingerprint density at radius 2 is 2.38 bits per heavy atom. The molecule has 1 heterocycles. The zero-order valence-corrected chi connectivity index (χ0v) is 8.69. The van der Waals surface area contributed by atoms with Crippen molar-refractivity contribution in [1.29, 1.82) is 0 Å². The van der Waals surface area contributed by atoms with Crippen LogP contribution in [-0.2, 0) is 0 Å². The third-order valence-electron chi connectivity index (χ3n) is 2.61. The summed E-state index contributed by atoms with van der Waals surface area (Å²) in [6.07, 6.45) is 0. The maximum atomic E-state index is 13.0. The van der Waals surface area contributed by atoms with Crippen LogP contribution in [-0.4, -0.2) is 35.7 Å². The molecule has 2 N–H and O–H groups in total. The molecule has 1 aliphatic heterocycles. The van der Waals surface area contributed by atoms with E-state index in [1.54, 1.807) is 12.1 Å². The predicted molar refractivity (Wildman–Crippen MR) is 56.3 cm³/mol. The first-order valence-corrected chi connectivity index (χ1v) is 5.12. The van der Waals surface area contributed by atoms with E-state index in [0.29, 0.717) is 13.1 Å². The van der Waals surface area contributed by atoms with Gasteiger partial charge in [-0.15, -0.1) is 0 Å². The summed E-state index contributed by atoms with van der Waals surface area (Å²) in [5, 5.41) is 11.5. The van der Waals surface area contributed by atoms with Gasteiger partial charge in [0, 0.05) is 13.1 Å². The summed E-state index contributed by atoms with van der Waals surface area (Å²) in [4.78, 5) is 13.0. The number of hydrogen-bond donors (Lipinski definition) is 2. The van der Waals surface area contributed by atoms with Gasteiger partial charge < -0.3 is 15.3 Å². The van der Waals surface area contributed by atoms with E-state index in [2.05, 4.69) is 5.32 Å². The van der Waals surface area contributed by atoms with Gasteiger partial charge in [0.25, 0.3) is 0 Å². The van der Waals surface area contributed by atoms with Crippen LogP contribution >= 0.6 is 0 Å². The van der Waals surface area contributed by atoms with Gasteiger partial charge in [0.2, 0.25) is 0 Å². The highest BCUT2D eigenvalue weighted by atomic mass is 19.1. The Kier molecular flexibility index (Phi) is 3.05. The van der Waals surface area contributed by atoms with E-state index in [4.69, 9.17) is 5.11 Å². The lowest BCUT2D eigenvalue weighted by Gasteiger charge is -2.12. The van der Waals surface area contributed by atoms with Crippen LogP contribution in [0.25, 0.3) is 0 Å². The Morgan fingerprint density at radius 1 is 1.56 bits per heavy atom. The predicted octanol–water partition coefficient (Wildman–Crippen LogP) is 0.884. The molecule has 5 heteroatoms. The zero-order valence-electron chi connectivity index (χ0n) is 8.69. The molecule has 0 aliphatic carbocycles. The molecule has 1 aromatic rings. The quantitative estimate of drug-likeness (QED) is 0.801. The van der Waals surface area contributed by atoms with Gasteiger partial charge in [-0.05, 0) is 17.7 Å². The first kappa shape index (κ1) is 10.9. The summed E-state index contributed by atoms with van der Waals surface area (Å²) in [7, 11) is 0. The number of nitrogens with zero attached hydrogens (tertiary/aromatic N) is 1. The van der Waals surface area contributed by atoms with Crippen LogP contribution in [0.1, 0.15) is 11.6 Å². The van der Waals surface area contributed by atoms with Crippen molar-refractivity contribution in [2.75, 3.05) is 19.7 Å². The molecule has 0 spiro atoms. The van der Waals surface area contributed by atoms with E-state index in [9.17, 15) is 9.18 Å². The van der Waals surface area contributed by atoms with E-state index >= 15 is 0 Å². The molecule has 1 saturated heterocycles. The van der Waals surface area contributed by atoms with Crippen molar-refractivity contribution in [1.82, 2.24) is 10.2 Å². The fourth-order valence-electron chi connectivity index (χ4n) is 1.81. The van der Waals surface area contributed by atoms with Crippen molar-refractivity contribution in [3.63, 3.8) is 0 Å². The average molecular weight is 224 g/mol. The number of carbonyl (C=O) groups excluding carboxylic acids is 1. The van der Waals surface area contributed by atoms with Gasteiger partial charge in [-0.3, -0.25) is 0 Å². The number of aliphatic hydroxyl groups excluding tert-OH is 1. The molecule has 1 aliphatic rings. The summed E-state index contributed by atoms with van der Waals surface area (Å²) in [5.41, 5.74) is 0.744. The lowest BCUT2D eigenvalue weighted by atomic mass is 10.1. The monoisotopic (exact) mass is 224 g/mol. The molecular weight excluding hydrogens is 211 g/mol. The van der Waals surface area contributed by atoms with Gasteiger partial charge in [-0.25, -0.2) is 9.18 Å². The highest BCUT2D eigenvalue weighted by Crippen LogP contribution is 2.20. The highest BCUT2D eigenvalue weighted by molar-refractivity contribution is 5.77. The zero-order chi connectivity index (χ0) is 11.5. The van der Waals surface area contributed by atoms with E-state index in [-0.39, 0.29) is 24.5 Å². The molecule has 1 atom stereocenters. The molecule has 1 unspecified atom stereocenters. The molecule has 2 amide bonds. The molecular formula is C11H13FN2O2. The number of hydrogen-bond acceptors (Lipinski definition) is 2. The topological polar surface area (TPSA) is 52.6 Å². The number of carbonyl (C=O) groups is 1. The van der Waals surface area contributed by atoms with Crippen LogP contribution < -0.4 is 5.32 Å². The fraction of sp³-hybridized carbons (Fsp3) is 0.364. The van der Waals surface area contributed by atoms with Gasteiger partial charge in [0.15, 0.2) is 0 Å². The van der Waals surface area contributed by atoms with Crippen LogP contribution in [0.3, 0.4) is 0 Å². The van der Waals surface area contributed by atoms with Crippen molar-refractivity contribution in [3.8, 4) is 0 Å². The second-order valence-corrected chi connectivity index (χ2v) is 3.73. The third-order valence-corrected chi connectivity index (χ3v) is 2.61. The van der Waals surface area contributed by atoms with Crippen molar-refractivity contribution in [3.05, 3.63) is 35.6 Å². The van der Waals surface area contributed by atoms with Crippen LogP contribution in [0, 0.1) is 5.82 Å². The first-order chi connectivity index (χ1) is 7.70. The minimum absolute atomic E-state index is 0.0662. The van der Waals surface area contributed by atoms with Crippen molar-refractivity contribution >= 4 is 6.03 Å². The van der Waals surface area contributed by atoms with E-state index < -0.39 is 0 Å². The maximum absolute atomic E-state index is 13.0. The summed E-state index contributed by atoms with van der Waals surface area (Å²) in [6.45, 7) is 0.698. The van der Waals surface area contributed by atoms with E-state index in [1.807, 2.05) is 0 Å². The second kappa shape index (κ2) is 4.49.